The van der Waals surface area contributed by atoms with Gasteiger partial charge in [0.2, 0.25) is 10.0 Å². The molecule has 0 unspecified atom stereocenters. The summed E-state index contributed by atoms with van der Waals surface area (Å²) >= 11 is 0. The van der Waals surface area contributed by atoms with Crippen molar-refractivity contribution in [3.05, 3.63) is 29.8 Å². The number of nitrogens with one attached hydrogen (secondary N) is 1. The van der Waals surface area contributed by atoms with Crippen molar-refractivity contribution in [1.82, 2.24) is 9.62 Å². The molecule has 1 aliphatic rings. The lowest BCUT2D eigenvalue weighted by Crippen LogP contribution is -2.35. The molecule has 2 rings (SSSR count). The van der Waals surface area contributed by atoms with Gasteiger partial charge in [0, 0.05) is 19.6 Å². The molecule has 1 N–H and O–H groups in total. The molecule has 1 aromatic rings. The van der Waals surface area contributed by atoms with E-state index in [-0.39, 0.29) is 0 Å². The van der Waals surface area contributed by atoms with Crippen LogP contribution in [0.25, 0.3) is 0 Å². The lowest BCUT2D eigenvalue weighted by Gasteiger charge is -2.25. The Morgan fingerprint density at radius 1 is 1.19 bits per heavy atom. The predicted molar refractivity (Wildman–Crippen MR) is 78.3 cm³/mol. The Balaban J connectivity index is 2.05. The summed E-state index contributed by atoms with van der Waals surface area (Å²) < 4.78 is 30.9. The first-order valence-electron chi connectivity index (χ1n) is 6.95. The number of nitrogens with zero attached hydrogens (tertiary/aromatic N) is 1. The van der Waals surface area contributed by atoms with E-state index in [9.17, 15) is 13.2 Å². The Kier molecular flexibility index (Phi) is 5.19. The number of carbonyl (C=O) groups is 1. The van der Waals surface area contributed by atoms with Crippen LogP contribution in [-0.4, -0.2) is 39.0 Å². The molecule has 0 radical (unpaired) electrons. The lowest BCUT2D eigenvalue weighted by atomic mass is 10.2. The molecule has 1 aromatic carbocycles. The van der Waals surface area contributed by atoms with Gasteiger partial charge in [0.1, 0.15) is 0 Å². The Hall–Kier alpha value is -1.60. The van der Waals surface area contributed by atoms with Crippen molar-refractivity contribution < 1.29 is 17.9 Å². The van der Waals surface area contributed by atoms with Gasteiger partial charge in [0.25, 0.3) is 0 Å². The fourth-order valence-corrected chi connectivity index (χ4v) is 3.80. The minimum Gasteiger partial charge on any atom is -0.453 e. The van der Waals surface area contributed by atoms with Gasteiger partial charge < -0.3 is 10.1 Å². The maximum Gasteiger partial charge on any atom is 0.407 e. The molecule has 1 saturated heterocycles. The van der Waals surface area contributed by atoms with Crippen LogP contribution in [-0.2, 0) is 21.3 Å². The highest BCUT2D eigenvalue weighted by atomic mass is 32.2. The van der Waals surface area contributed by atoms with E-state index in [4.69, 9.17) is 0 Å². The molecule has 116 valence electrons. The van der Waals surface area contributed by atoms with Crippen molar-refractivity contribution in [3.8, 4) is 0 Å². The number of benzene rings is 1. The van der Waals surface area contributed by atoms with E-state index in [1.165, 1.54) is 11.4 Å². The van der Waals surface area contributed by atoms with Gasteiger partial charge in [-0.25, -0.2) is 13.2 Å². The number of amides is 1. The van der Waals surface area contributed by atoms with Crippen LogP contribution >= 0.6 is 0 Å². The first-order valence-corrected chi connectivity index (χ1v) is 8.39. The van der Waals surface area contributed by atoms with Crippen LogP contribution in [0.3, 0.4) is 0 Å². The van der Waals surface area contributed by atoms with E-state index >= 15 is 0 Å². The van der Waals surface area contributed by atoms with Gasteiger partial charge in [0.15, 0.2) is 0 Å². The largest absolute Gasteiger partial charge is 0.453 e. The van der Waals surface area contributed by atoms with E-state index in [0.717, 1.165) is 24.8 Å². The zero-order valence-corrected chi connectivity index (χ0v) is 12.9. The summed E-state index contributed by atoms with van der Waals surface area (Å²) in [5.74, 6) is 0. The van der Waals surface area contributed by atoms with Gasteiger partial charge in [0.05, 0.1) is 12.0 Å². The number of rotatable bonds is 4. The maximum atomic E-state index is 12.4. The normalized spacial score (nSPS) is 16.4. The molecular formula is C14H20N2O4S. The quantitative estimate of drug-likeness (QED) is 0.918. The molecule has 7 heteroatoms. The van der Waals surface area contributed by atoms with Crippen molar-refractivity contribution in [2.75, 3.05) is 20.2 Å². The van der Waals surface area contributed by atoms with Crippen molar-refractivity contribution in [1.29, 1.82) is 0 Å². The van der Waals surface area contributed by atoms with Crippen molar-refractivity contribution in [3.63, 3.8) is 0 Å². The number of ether oxygens (including phenoxy) is 1. The summed E-state index contributed by atoms with van der Waals surface area (Å²) in [7, 11) is -2.10. The van der Waals surface area contributed by atoms with Gasteiger partial charge in [-0.15, -0.1) is 0 Å². The van der Waals surface area contributed by atoms with E-state index in [1.807, 2.05) is 0 Å². The van der Waals surface area contributed by atoms with Crippen LogP contribution in [0.5, 0.6) is 0 Å². The molecule has 1 amide bonds. The molecule has 1 fully saturated rings. The first-order chi connectivity index (χ1) is 10.0. The zero-order valence-electron chi connectivity index (χ0n) is 12.0. The van der Waals surface area contributed by atoms with Gasteiger partial charge in [-0.3, -0.25) is 0 Å². The summed E-state index contributed by atoms with van der Waals surface area (Å²) in [4.78, 5) is 11.3. The fraction of sp³-hybridized carbons (Fsp3) is 0.500. The van der Waals surface area contributed by atoms with Crippen LogP contribution in [0.4, 0.5) is 4.79 Å². The first kappa shape index (κ1) is 15.8. The van der Waals surface area contributed by atoms with Gasteiger partial charge in [-0.2, -0.15) is 4.31 Å². The Morgan fingerprint density at radius 3 is 2.38 bits per heavy atom. The molecule has 0 saturated carbocycles. The third kappa shape index (κ3) is 3.95. The third-order valence-corrected chi connectivity index (χ3v) is 5.41. The highest BCUT2D eigenvalue weighted by Crippen LogP contribution is 2.20. The van der Waals surface area contributed by atoms with Crippen LogP contribution < -0.4 is 5.32 Å². The maximum absolute atomic E-state index is 12.4. The topological polar surface area (TPSA) is 75.7 Å². The Labute approximate surface area is 125 Å². The van der Waals surface area contributed by atoms with Crippen molar-refractivity contribution in [2.24, 2.45) is 0 Å². The molecule has 0 aliphatic carbocycles. The summed E-state index contributed by atoms with van der Waals surface area (Å²) in [6, 6.07) is 6.57. The van der Waals surface area contributed by atoms with Crippen LogP contribution in [0.2, 0.25) is 0 Å². The lowest BCUT2D eigenvalue weighted by molar-refractivity contribution is 0.170. The highest BCUT2D eigenvalue weighted by molar-refractivity contribution is 7.89. The predicted octanol–water partition coefficient (Wildman–Crippen LogP) is 1.72. The molecule has 0 bridgehead atoms. The number of sulfonamides is 1. The molecule has 1 aliphatic heterocycles. The average Bonchev–Trinajstić information content (AvgIpc) is 2.53. The Bertz CT molecular complexity index is 577. The molecule has 6 nitrogen and oxygen atoms in total. The number of carbonyl (C=O) groups excluding carboxylic acids is 1. The second-order valence-electron chi connectivity index (χ2n) is 4.95. The molecule has 21 heavy (non-hydrogen) atoms. The number of hydrogen-bond donors (Lipinski definition) is 1. The fourth-order valence-electron chi connectivity index (χ4n) is 2.28. The van der Waals surface area contributed by atoms with Gasteiger partial charge in [-0.1, -0.05) is 18.6 Å². The second-order valence-corrected chi connectivity index (χ2v) is 6.89. The van der Waals surface area contributed by atoms with Crippen LogP contribution in [0.1, 0.15) is 24.8 Å². The molecule has 0 spiro atoms. The molecule has 0 atom stereocenters. The monoisotopic (exact) mass is 312 g/mol. The summed E-state index contributed by atoms with van der Waals surface area (Å²) in [5.41, 5.74) is 0.818. The highest BCUT2D eigenvalue weighted by Gasteiger charge is 2.25. The number of piperidine rings is 1. The molecule has 1 heterocycles. The average molecular weight is 312 g/mol. The van der Waals surface area contributed by atoms with E-state index in [0.29, 0.717) is 24.5 Å². The zero-order chi connectivity index (χ0) is 15.3. The molecular weight excluding hydrogens is 292 g/mol. The summed E-state index contributed by atoms with van der Waals surface area (Å²) in [5, 5.41) is 2.55. The smallest absolute Gasteiger partial charge is 0.407 e. The van der Waals surface area contributed by atoms with Crippen LogP contribution in [0, 0.1) is 0 Å². The minimum atomic E-state index is -3.39. The number of methoxy groups -OCH3 is 1. The summed E-state index contributed by atoms with van der Waals surface area (Å²) in [6.07, 6.45) is 2.41. The minimum absolute atomic E-state index is 0.297. The number of alkyl carbamates (subject to hydrolysis) is 1. The molecule has 0 aromatic heterocycles. The third-order valence-electron chi connectivity index (χ3n) is 3.50. The van der Waals surface area contributed by atoms with E-state index in [1.54, 1.807) is 24.3 Å². The Morgan fingerprint density at radius 2 is 1.81 bits per heavy atom. The van der Waals surface area contributed by atoms with Gasteiger partial charge in [-0.05, 0) is 30.5 Å². The van der Waals surface area contributed by atoms with E-state index in [2.05, 4.69) is 10.1 Å². The van der Waals surface area contributed by atoms with E-state index < -0.39 is 16.1 Å². The standard InChI is InChI=1S/C14H20N2O4S/c1-20-14(17)15-11-12-5-7-13(8-6-12)21(18,19)16-9-3-2-4-10-16/h5-8H,2-4,9-11H2,1H3,(H,15,17). The summed E-state index contributed by atoms with van der Waals surface area (Å²) in [6.45, 7) is 1.48. The van der Waals surface area contributed by atoms with Crippen molar-refractivity contribution in [2.45, 2.75) is 30.7 Å². The SMILES string of the molecule is COC(=O)NCc1ccc(S(=O)(=O)N2CCCCC2)cc1. The second kappa shape index (κ2) is 6.91. The van der Waals surface area contributed by atoms with Crippen LogP contribution in [0.15, 0.2) is 29.2 Å². The van der Waals surface area contributed by atoms with Crippen molar-refractivity contribution >= 4 is 16.1 Å². The number of hydrogen-bond acceptors (Lipinski definition) is 4. The van der Waals surface area contributed by atoms with Gasteiger partial charge >= 0.3 is 6.09 Å².